The van der Waals surface area contributed by atoms with Crippen LogP contribution < -0.4 is 10.1 Å². The first kappa shape index (κ1) is 19.5. The van der Waals surface area contributed by atoms with Gasteiger partial charge in [-0.2, -0.15) is 0 Å². The minimum Gasteiger partial charge on any atom is -0.481 e. The van der Waals surface area contributed by atoms with Crippen LogP contribution in [0.25, 0.3) is 0 Å². The number of carbonyl (C=O) groups excluding carboxylic acids is 1. The van der Waals surface area contributed by atoms with Gasteiger partial charge in [0.2, 0.25) is 5.91 Å². The van der Waals surface area contributed by atoms with E-state index in [0.717, 1.165) is 12.8 Å². The molecule has 6 nitrogen and oxygen atoms in total. The highest BCUT2D eigenvalue weighted by atomic mass is 19.4. The number of nitrogens with one attached hydrogen (secondary N) is 1. The molecule has 2 aliphatic rings. The molecule has 2 fully saturated rings. The van der Waals surface area contributed by atoms with Crippen molar-refractivity contribution in [1.29, 1.82) is 0 Å². The predicted molar refractivity (Wildman–Crippen MR) is 88.8 cm³/mol. The summed E-state index contributed by atoms with van der Waals surface area (Å²) in [5.74, 6) is -1.26. The van der Waals surface area contributed by atoms with E-state index in [1.807, 2.05) is 4.90 Å². The van der Waals surface area contributed by atoms with Crippen molar-refractivity contribution in [2.45, 2.75) is 32.2 Å². The first-order valence-corrected chi connectivity index (χ1v) is 8.75. The van der Waals surface area contributed by atoms with Crippen LogP contribution in [0.15, 0.2) is 24.3 Å². The molecule has 2 N–H and O–H groups in total. The number of halogens is 3. The lowest BCUT2D eigenvalue weighted by molar-refractivity contribution is -0.274. The van der Waals surface area contributed by atoms with Gasteiger partial charge in [-0.05, 0) is 36.5 Å². The van der Waals surface area contributed by atoms with Crippen LogP contribution in [0.3, 0.4) is 0 Å². The lowest BCUT2D eigenvalue weighted by atomic mass is 9.81. The third kappa shape index (κ3) is 4.52. The molecule has 1 amide bonds. The second-order valence-corrected chi connectivity index (χ2v) is 7.19. The van der Waals surface area contributed by atoms with Crippen LogP contribution in [-0.4, -0.2) is 47.9 Å². The molecule has 0 spiro atoms. The summed E-state index contributed by atoms with van der Waals surface area (Å²) in [5.41, 5.74) is -0.0904. The molecule has 9 heteroatoms. The van der Waals surface area contributed by atoms with Gasteiger partial charge >= 0.3 is 12.3 Å². The second-order valence-electron chi connectivity index (χ2n) is 7.19. The van der Waals surface area contributed by atoms with Crippen molar-refractivity contribution in [3.8, 4) is 5.75 Å². The van der Waals surface area contributed by atoms with E-state index in [2.05, 4.69) is 10.1 Å². The van der Waals surface area contributed by atoms with Crippen molar-refractivity contribution in [1.82, 2.24) is 10.2 Å². The average Bonchev–Trinajstić information content (AvgIpc) is 3.10. The van der Waals surface area contributed by atoms with Crippen LogP contribution in [0.4, 0.5) is 13.2 Å². The number of hydrogen-bond acceptors (Lipinski definition) is 4. The number of carboxylic acid groups (broad SMARTS) is 1. The van der Waals surface area contributed by atoms with Gasteiger partial charge in [0.1, 0.15) is 5.75 Å². The summed E-state index contributed by atoms with van der Waals surface area (Å²) in [4.78, 5) is 25.7. The SMILES string of the molecule is O=C(CN1C[C@@H]2CCC[C@@]2(C(=O)O)C1)NCc1ccc(OC(F)(F)F)cc1. The Morgan fingerprint density at radius 2 is 2.00 bits per heavy atom. The molecule has 1 saturated carbocycles. The molecule has 1 aliphatic heterocycles. The van der Waals surface area contributed by atoms with Crippen LogP contribution in [0.1, 0.15) is 24.8 Å². The van der Waals surface area contributed by atoms with Gasteiger partial charge in [-0.1, -0.05) is 18.6 Å². The van der Waals surface area contributed by atoms with Gasteiger partial charge in [-0.3, -0.25) is 14.5 Å². The molecule has 2 atom stereocenters. The topological polar surface area (TPSA) is 78.9 Å². The molecule has 0 radical (unpaired) electrons. The van der Waals surface area contributed by atoms with E-state index in [4.69, 9.17) is 0 Å². The Labute approximate surface area is 154 Å². The standard InChI is InChI=1S/C18H21F3N2O4/c19-18(20,21)27-14-5-3-12(4-6-14)8-22-15(24)10-23-9-13-2-1-7-17(13,11-23)16(25)26/h3-6,13H,1-2,7-11H2,(H,22,24)(H,25,26)/t13-,17+/m0/s1. The number of fused-ring (bicyclic) bond motifs is 1. The summed E-state index contributed by atoms with van der Waals surface area (Å²) in [5, 5.41) is 12.3. The van der Waals surface area contributed by atoms with Crippen LogP contribution in [0.2, 0.25) is 0 Å². The number of likely N-dealkylation sites (tertiary alicyclic amines) is 1. The van der Waals surface area contributed by atoms with Gasteiger partial charge < -0.3 is 15.2 Å². The van der Waals surface area contributed by atoms with Gasteiger partial charge in [0.25, 0.3) is 0 Å². The Kier molecular flexibility index (Phi) is 5.32. The minimum atomic E-state index is -4.74. The van der Waals surface area contributed by atoms with E-state index in [1.165, 1.54) is 24.3 Å². The zero-order valence-electron chi connectivity index (χ0n) is 14.6. The number of carbonyl (C=O) groups is 2. The molecule has 0 unspecified atom stereocenters. The molecule has 27 heavy (non-hydrogen) atoms. The van der Waals surface area contributed by atoms with Crippen molar-refractivity contribution in [3.63, 3.8) is 0 Å². The summed E-state index contributed by atoms with van der Waals surface area (Å²) in [6, 6.07) is 5.27. The zero-order valence-corrected chi connectivity index (χ0v) is 14.6. The molecule has 148 valence electrons. The van der Waals surface area contributed by atoms with Crippen molar-refractivity contribution >= 4 is 11.9 Å². The number of carboxylic acids is 1. The summed E-state index contributed by atoms with van der Waals surface area (Å²) < 4.78 is 40.2. The maximum absolute atomic E-state index is 12.1. The molecular formula is C18H21F3N2O4. The first-order valence-electron chi connectivity index (χ1n) is 8.75. The van der Waals surface area contributed by atoms with Crippen LogP contribution in [0.5, 0.6) is 5.75 Å². The van der Waals surface area contributed by atoms with Gasteiger partial charge in [0, 0.05) is 19.6 Å². The number of hydrogen-bond donors (Lipinski definition) is 2. The van der Waals surface area contributed by atoms with E-state index in [0.29, 0.717) is 25.1 Å². The fourth-order valence-electron chi connectivity index (χ4n) is 4.13. The molecule has 1 aliphatic carbocycles. The Balaban J connectivity index is 1.47. The Morgan fingerprint density at radius 3 is 2.59 bits per heavy atom. The lowest BCUT2D eigenvalue weighted by Gasteiger charge is -2.23. The van der Waals surface area contributed by atoms with E-state index in [1.54, 1.807) is 0 Å². The molecule has 1 saturated heterocycles. The maximum Gasteiger partial charge on any atom is 0.573 e. The lowest BCUT2D eigenvalue weighted by Crippen LogP contribution is -2.39. The highest BCUT2D eigenvalue weighted by Crippen LogP contribution is 2.48. The summed E-state index contributed by atoms with van der Waals surface area (Å²) in [6.07, 6.45) is -2.31. The monoisotopic (exact) mass is 386 g/mol. The summed E-state index contributed by atoms with van der Waals surface area (Å²) in [7, 11) is 0. The van der Waals surface area contributed by atoms with Gasteiger partial charge in [-0.25, -0.2) is 0 Å². The quantitative estimate of drug-likeness (QED) is 0.785. The molecule has 0 bridgehead atoms. The fourth-order valence-corrected chi connectivity index (χ4v) is 4.13. The third-order valence-corrected chi connectivity index (χ3v) is 5.38. The van der Waals surface area contributed by atoms with Gasteiger partial charge in [0.05, 0.1) is 12.0 Å². The molecular weight excluding hydrogens is 365 g/mol. The third-order valence-electron chi connectivity index (χ3n) is 5.38. The molecule has 1 aromatic carbocycles. The Bertz CT molecular complexity index is 708. The van der Waals surface area contributed by atoms with Crippen LogP contribution in [-0.2, 0) is 16.1 Å². The van der Waals surface area contributed by atoms with Crippen molar-refractivity contribution in [3.05, 3.63) is 29.8 Å². The summed E-state index contributed by atoms with van der Waals surface area (Å²) in [6.45, 7) is 1.26. The zero-order chi connectivity index (χ0) is 19.7. The van der Waals surface area contributed by atoms with Crippen LogP contribution in [0, 0.1) is 11.3 Å². The average molecular weight is 386 g/mol. The van der Waals surface area contributed by atoms with E-state index >= 15 is 0 Å². The maximum atomic E-state index is 12.1. The minimum absolute atomic E-state index is 0.0870. The number of aliphatic carboxylic acids is 1. The number of rotatable bonds is 6. The molecule has 3 rings (SSSR count). The largest absolute Gasteiger partial charge is 0.573 e. The second kappa shape index (κ2) is 7.38. The Morgan fingerprint density at radius 1 is 1.30 bits per heavy atom. The van der Waals surface area contributed by atoms with Gasteiger partial charge in [0.15, 0.2) is 0 Å². The Hall–Kier alpha value is -2.29. The molecule has 1 heterocycles. The first-order chi connectivity index (χ1) is 12.7. The van der Waals surface area contributed by atoms with Gasteiger partial charge in [-0.15, -0.1) is 13.2 Å². The van der Waals surface area contributed by atoms with E-state index in [-0.39, 0.29) is 30.7 Å². The highest BCUT2D eigenvalue weighted by molar-refractivity contribution is 5.79. The number of nitrogens with zero attached hydrogens (tertiary/aromatic N) is 1. The van der Waals surface area contributed by atoms with E-state index < -0.39 is 17.7 Å². The summed E-state index contributed by atoms with van der Waals surface area (Å²) >= 11 is 0. The predicted octanol–water partition coefficient (Wildman–Crippen LogP) is 2.39. The number of amides is 1. The van der Waals surface area contributed by atoms with E-state index in [9.17, 15) is 27.9 Å². The highest BCUT2D eigenvalue weighted by Gasteiger charge is 2.54. The number of alkyl halides is 3. The van der Waals surface area contributed by atoms with Crippen molar-refractivity contribution < 1.29 is 32.6 Å². The fraction of sp³-hybridized carbons (Fsp3) is 0.556. The molecule has 1 aromatic rings. The number of benzene rings is 1. The molecule has 0 aromatic heterocycles. The van der Waals surface area contributed by atoms with Crippen molar-refractivity contribution in [2.24, 2.45) is 11.3 Å². The van der Waals surface area contributed by atoms with Crippen molar-refractivity contribution in [2.75, 3.05) is 19.6 Å². The smallest absolute Gasteiger partial charge is 0.481 e. The normalized spacial score (nSPS) is 25.2. The number of ether oxygens (including phenoxy) is 1. The van der Waals surface area contributed by atoms with Crippen LogP contribution >= 0.6 is 0 Å².